The van der Waals surface area contributed by atoms with Crippen LogP contribution < -0.4 is 20.2 Å². The van der Waals surface area contributed by atoms with Gasteiger partial charge in [0.2, 0.25) is 11.8 Å². The number of amides is 2. The average Bonchev–Trinajstić information content (AvgIpc) is 2.86. The summed E-state index contributed by atoms with van der Waals surface area (Å²) in [5, 5.41) is 6.50. The van der Waals surface area contributed by atoms with Gasteiger partial charge < -0.3 is 14.8 Å². The first-order valence-electron chi connectivity index (χ1n) is 11.8. The predicted molar refractivity (Wildman–Crippen MR) is 142 cm³/mol. The zero-order valence-electron chi connectivity index (χ0n) is 20.9. The van der Waals surface area contributed by atoms with E-state index >= 15 is 0 Å². The number of hydrazone groups is 1. The van der Waals surface area contributed by atoms with E-state index in [2.05, 4.69) is 22.4 Å². The van der Waals surface area contributed by atoms with Gasteiger partial charge in [-0.05, 0) is 67.8 Å². The number of nitrogens with one attached hydrogen (secondary N) is 2. The molecule has 0 aromatic heterocycles. The third-order valence-corrected chi connectivity index (χ3v) is 5.17. The second-order valence-electron chi connectivity index (χ2n) is 8.23. The molecule has 0 aliphatic carbocycles. The molecule has 0 aliphatic rings. The summed E-state index contributed by atoms with van der Waals surface area (Å²) in [4.78, 5) is 24.2. The van der Waals surface area contributed by atoms with Crippen molar-refractivity contribution in [1.82, 2.24) is 5.43 Å². The number of aryl methyl sites for hydroxylation is 1. The molecule has 0 unspecified atom stereocenters. The van der Waals surface area contributed by atoms with Gasteiger partial charge in [0.25, 0.3) is 0 Å². The molecule has 0 saturated carbocycles. The maximum atomic E-state index is 13.0. The number of carbonyl (C=O) groups excluding carboxylic acids is 2. The van der Waals surface area contributed by atoms with Crippen molar-refractivity contribution in [3.63, 3.8) is 0 Å². The second kappa shape index (κ2) is 13.6. The minimum atomic E-state index is -0.592. The summed E-state index contributed by atoms with van der Waals surface area (Å²) < 4.78 is 25.0. The van der Waals surface area contributed by atoms with Gasteiger partial charge >= 0.3 is 0 Å². The molecule has 3 aromatic carbocycles. The number of allylic oxidation sites excluding steroid dienone is 1. The fraction of sp³-hybridized carbons (Fsp3) is 0.207. The molecular weight excluding hydrogens is 473 g/mol. The summed E-state index contributed by atoms with van der Waals surface area (Å²) in [7, 11) is 0. The molecule has 3 rings (SSSR count). The summed E-state index contributed by atoms with van der Waals surface area (Å²) in [6, 6.07) is 17.0. The summed E-state index contributed by atoms with van der Waals surface area (Å²) in [6.45, 7) is 8.57. The molecule has 0 fully saturated rings. The number of ether oxygens (including phenoxy) is 2. The van der Waals surface area contributed by atoms with Gasteiger partial charge in [-0.1, -0.05) is 35.9 Å². The molecule has 8 heteroatoms. The zero-order valence-corrected chi connectivity index (χ0v) is 20.9. The van der Waals surface area contributed by atoms with Gasteiger partial charge in [-0.2, -0.15) is 5.10 Å². The highest BCUT2D eigenvalue weighted by molar-refractivity contribution is 6.03. The van der Waals surface area contributed by atoms with Crippen LogP contribution in [0.5, 0.6) is 11.5 Å². The molecule has 0 heterocycles. The third-order valence-electron chi connectivity index (χ3n) is 5.17. The van der Waals surface area contributed by atoms with Crippen LogP contribution in [0.2, 0.25) is 0 Å². The monoisotopic (exact) mass is 503 g/mol. The summed E-state index contributed by atoms with van der Waals surface area (Å²) in [5.74, 6) is -0.368. The highest BCUT2D eigenvalue weighted by Gasteiger charge is 2.14. The highest BCUT2D eigenvalue weighted by atomic mass is 19.1. The predicted octanol–water partition coefficient (Wildman–Crippen LogP) is 5.32. The van der Waals surface area contributed by atoms with Gasteiger partial charge in [0.05, 0.1) is 12.8 Å². The molecule has 3 aromatic rings. The van der Waals surface area contributed by atoms with Crippen LogP contribution in [0.4, 0.5) is 10.1 Å². The summed E-state index contributed by atoms with van der Waals surface area (Å²) in [6.07, 6.45) is 3.34. The number of halogens is 1. The number of rotatable bonds is 12. The van der Waals surface area contributed by atoms with E-state index in [-0.39, 0.29) is 0 Å². The first-order valence-corrected chi connectivity index (χ1v) is 11.8. The van der Waals surface area contributed by atoms with E-state index in [0.717, 1.165) is 11.1 Å². The summed E-state index contributed by atoms with van der Waals surface area (Å²) >= 11 is 0. The Labute approximate surface area is 216 Å². The first-order chi connectivity index (χ1) is 17.9. The van der Waals surface area contributed by atoms with Crippen LogP contribution in [0.15, 0.2) is 78.4 Å². The number of hydrogen-bond acceptors (Lipinski definition) is 5. The maximum Gasteiger partial charge on any atom is 0.249 e. The molecule has 0 aliphatic heterocycles. The number of hydrogen-bond donors (Lipinski definition) is 2. The molecule has 0 saturated heterocycles. The largest absolute Gasteiger partial charge is 0.490 e. The van der Waals surface area contributed by atoms with Crippen LogP contribution in [-0.4, -0.2) is 24.6 Å². The molecular formula is C29H30FN3O4. The standard InChI is InChI=1S/C29H30FN3O4/c1-4-6-23-15-22(16-26(36-5-2)29(23)37-19-21-9-7-20(3)8-10-21)18-31-33-28(35)17-27(34)32-25-13-11-24(30)12-14-25/h4,7-16,18H,1,5-6,17,19H2,2-3H3,(H,32,34)(H,33,35). The Morgan fingerprint density at radius 1 is 1.03 bits per heavy atom. The van der Waals surface area contributed by atoms with Gasteiger partial charge in [0, 0.05) is 11.3 Å². The topological polar surface area (TPSA) is 89.0 Å². The molecule has 192 valence electrons. The van der Waals surface area contributed by atoms with Crippen LogP contribution in [0, 0.1) is 12.7 Å². The lowest BCUT2D eigenvalue weighted by molar-refractivity contribution is -0.126. The third kappa shape index (κ3) is 8.61. The Hall–Kier alpha value is -4.46. The van der Waals surface area contributed by atoms with E-state index in [4.69, 9.17) is 9.47 Å². The van der Waals surface area contributed by atoms with E-state index in [0.29, 0.717) is 42.4 Å². The lowest BCUT2D eigenvalue weighted by Gasteiger charge is -2.17. The number of anilines is 1. The zero-order chi connectivity index (χ0) is 26.6. The van der Waals surface area contributed by atoms with Gasteiger partial charge in [-0.25, -0.2) is 9.82 Å². The smallest absolute Gasteiger partial charge is 0.249 e. The van der Waals surface area contributed by atoms with E-state index in [9.17, 15) is 14.0 Å². The number of carbonyl (C=O) groups is 2. The maximum absolute atomic E-state index is 13.0. The van der Waals surface area contributed by atoms with Crippen LogP contribution in [0.3, 0.4) is 0 Å². The molecule has 2 amide bonds. The lowest BCUT2D eigenvalue weighted by Crippen LogP contribution is -2.24. The first kappa shape index (κ1) is 27.1. The van der Waals surface area contributed by atoms with Crippen molar-refractivity contribution in [2.75, 3.05) is 11.9 Å². The Morgan fingerprint density at radius 3 is 2.43 bits per heavy atom. The van der Waals surface area contributed by atoms with Crippen molar-refractivity contribution in [3.8, 4) is 11.5 Å². The van der Waals surface area contributed by atoms with E-state index < -0.39 is 24.1 Å². The fourth-order valence-electron chi connectivity index (χ4n) is 3.43. The molecule has 37 heavy (non-hydrogen) atoms. The van der Waals surface area contributed by atoms with Crippen molar-refractivity contribution in [2.45, 2.75) is 33.3 Å². The molecule has 0 bridgehead atoms. The van der Waals surface area contributed by atoms with Crippen molar-refractivity contribution in [1.29, 1.82) is 0 Å². The minimum Gasteiger partial charge on any atom is -0.490 e. The normalized spacial score (nSPS) is 10.7. The number of benzene rings is 3. The SMILES string of the molecule is C=CCc1cc(C=NNC(=O)CC(=O)Nc2ccc(F)cc2)cc(OCC)c1OCc1ccc(C)cc1. The van der Waals surface area contributed by atoms with Crippen molar-refractivity contribution in [2.24, 2.45) is 5.10 Å². The van der Waals surface area contributed by atoms with Gasteiger partial charge in [-0.15, -0.1) is 6.58 Å². The Kier molecular flexibility index (Phi) is 9.96. The number of nitrogens with zero attached hydrogens (tertiary/aromatic N) is 1. The average molecular weight is 504 g/mol. The highest BCUT2D eigenvalue weighted by Crippen LogP contribution is 2.34. The quantitative estimate of drug-likeness (QED) is 0.152. The van der Waals surface area contributed by atoms with Crippen LogP contribution >= 0.6 is 0 Å². The van der Waals surface area contributed by atoms with Crippen molar-refractivity contribution in [3.05, 3.63) is 101 Å². The van der Waals surface area contributed by atoms with E-state index in [1.54, 1.807) is 12.1 Å². The van der Waals surface area contributed by atoms with E-state index in [1.165, 1.54) is 36.0 Å². The molecule has 0 spiro atoms. The summed E-state index contributed by atoms with van der Waals surface area (Å²) in [5.41, 5.74) is 6.49. The molecule has 7 nitrogen and oxygen atoms in total. The van der Waals surface area contributed by atoms with Crippen molar-refractivity contribution >= 4 is 23.7 Å². The Balaban J connectivity index is 1.66. The van der Waals surface area contributed by atoms with E-state index in [1.807, 2.05) is 44.2 Å². The van der Waals surface area contributed by atoms with Gasteiger partial charge in [0.15, 0.2) is 11.5 Å². The van der Waals surface area contributed by atoms with Crippen LogP contribution in [0.25, 0.3) is 0 Å². The second-order valence-corrected chi connectivity index (χ2v) is 8.23. The van der Waals surface area contributed by atoms with Crippen LogP contribution in [0.1, 0.15) is 35.6 Å². The Bertz CT molecular complexity index is 1260. The molecule has 0 atom stereocenters. The minimum absolute atomic E-state index is 0.383. The Morgan fingerprint density at radius 2 is 1.76 bits per heavy atom. The van der Waals surface area contributed by atoms with Gasteiger partial charge in [0.1, 0.15) is 18.8 Å². The molecule has 2 N–H and O–H groups in total. The van der Waals surface area contributed by atoms with Crippen LogP contribution in [-0.2, 0) is 22.6 Å². The van der Waals surface area contributed by atoms with Gasteiger partial charge in [-0.3, -0.25) is 9.59 Å². The lowest BCUT2D eigenvalue weighted by atomic mass is 10.1. The fourth-order valence-corrected chi connectivity index (χ4v) is 3.43. The molecule has 0 radical (unpaired) electrons. The van der Waals surface area contributed by atoms with Crippen molar-refractivity contribution < 1.29 is 23.5 Å².